The normalized spacial score (nSPS) is 16.2. The number of halogens is 1. The average molecular weight is 191 g/mol. The van der Waals surface area contributed by atoms with Crippen molar-refractivity contribution in [3.8, 4) is 0 Å². The summed E-state index contributed by atoms with van der Waals surface area (Å²) in [5.74, 6) is 0.358. The van der Waals surface area contributed by atoms with Crippen molar-refractivity contribution in [1.82, 2.24) is 5.27 Å². The van der Waals surface area contributed by atoms with Gasteiger partial charge in [0.25, 0.3) is 12.1 Å². The zero-order valence-corrected chi connectivity index (χ0v) is 7.37. The lowest BCUT2D eigenvalue weighted by molar-refractivity contribution is -0.756. The third-order valence-electron chi connectivity index (χ3n) is 1.84. The van der Waals surface area contributed by atoms with Gasteiger partial charge in [0.05, 0.1) is 17.9 Å². The van der Waals surface area contributed by atoms with E-state index in [0.29, 0.717) is 5.88 Å². The maximum Gasteiger partial charge on any atom is 0.296 e. The van der Waals surface area contributed by atoms with Gasteiger partial charge in [-0.15, -0.1) is 0 Å². The van der Waals surface area contributed by atoms with Crippen LogP contribution in [0.3, 0.4) is 0 Å². The lowest BCUT2D eigenvalue weighted by Crippen LogP contribution is -3.00. The molecular formula is C6H11ClN4O. The minimum Gasteiger partial charge on any atom is -1.00 e. The monoisotopic (exact) mass is 190 g/mol. The third-order valence-corrected chi connectivity index (χ3v) is 1.84. The molecule has 0 amide bonds. The number of hydrogen-bond donors (Lipinski definition) is 1. The van der Waals surface area contributed by atoms with Gasteiger partial charge in [0.15, 0.2) is 0 Å². The summed E-state index contributed by atoms with van der Waals surface area (Å²) in [6.45, 7) is 2.08. The molecule has 1 aromatic heterocycles. The zero-order valence-electron chi connectivity index (χ0n) is 6.61. The van der Waals surface area contributed by atoms with Gasteiger partial charge < -0.3 is 18.1 Å². The fraction of sp³-hybridized carbons (Fsp3) is 0.667. The first-order valence-electron chi connectivity index (χ1n) is 3.75. The number of nitrogens with zero attached hydrogens (tertiary/aromatic N) is 3. The maximum absolute atomic E-state index is 5.37. The lowest BCUT2D eigenvalue weighted by Gasteiger charge is -2.01. The Morgan fingerprint density at radius 3 is 2.67 bits per heavy atom. The van der Waals surface area contributed by atoms with Crippen molar-refractivity contribution in [2.75, 3.05) is 23.8 Å². The maximum atomic E-state index is 5.37. The first-order chi connectivity index (χ1) is 5.36. The quantitative estimate of drug-likeness (QED) is 0.463. The van der Waals surface area contributed by atoms with Gasteiger partial charge >= 0.3 is 0 Å². The van der Waals surface area contributed by atoms with Crippen LogP contribution in [0, 0.1) is 0 Å². The number of anilines is 1. The van der Waals surface area contributed by atoms with Gasteiger partial charge in [-0.1, -0.05) is 0 Å². The fourth-order valence-corrected chi connectivity index (χ4v) is 1.29. The van der Waals surface area contributed by atoms with E-state index >= 15 is 0 Å². The standard InChI is InChI=1S/C6H11N4O.ClH/c7-6-5-10(8-11-6)9-3-1-2-4-9;/h5H,1-4,7H2;1H/q+1;/p-1. The first-order valence-corrected chi connectivity index (χ1v) is 3.75. The molecule has 0 radical (unpaired) electrons. The number of nitrogen functional groups attached to an aromatic ring is 1. The molecule has 6 heteroatoms. The summed E-state index contributed by atoms with van der Waals surface area (Å²) < 4.78 is 4.73. The van der Waals surface area contributed by atoms with Crippen LogP contribution in [0.2, 0.25) is 0 Å². The predicted octanol–water partition coefficient (Wildman–Crippen LogP) is -3.72. The molecule has 2 heterocycles. The van der Waals surface area contributed by atoms with Gasteiger partial charge in [-0.05, 0) is 12.8 Å². The van der Waals surface area contributed by atoms with E-state index in [1.165, 1.54) is 12.8 Å². The Balaban J connectivity index is 0.000000720. The molecule has 0 saturated carbocycles. The molecule has 1 aliphatic rings. The Kier molecular flexibility index (Phi) is 2.75. The van der Waals surface area contributed by atoms with Crippen LogP contribution in [0.15, 0.2) is 10.7 Å². The minimum atomic E-state index is 0. The zero-order chi connectivity index (χ0) is 7.68. The number of rotatable bonds is 1. The molecule has 1 saturated heterocycles. The van der Waals surface area contributed by atoms with Gasteiger partial charge in [0.2, 0.25) is 5.27 Å². The lowest BCUT2D eigenvalue weighted by atomic mass is 10.4. The molecule has 68 valence electrons. The third kappa shape index (κ3) is 1.61. The Bertz CT molecular complexity index is 245. The summed E-state index contributed by atoms with van der Waals surface area (Å²) in [5.41, 5.74) is 5.37. The summed E-state index contributed by atoms with van der Waals surface area (Å²) in [6, 6.07) is 0. The van der Waals surface area contributed by atoms with Gasteiger partial charge in [0, 0.05) is 0 Å². The highest BCUT2D eigenvalue weighted by Crippen LogP contribution is 2.01. The Labute approximate surface area is 76.5 Å². The summed E-state index contributed by atoms with van der Waals surface area (Å²) >= 11 is 0. The second-order valence-corrected chi connectivity index (χ2v) is 2.69. The SMILES string of the molecule is Nc1c[n+](N2CCCC2)no1.[Cl-]. The Morgan fingerprint density at radius 2 is 2.17 bits per heavy atom. The molecule has 2 N–H and O–H groups in total. The van der Waals surface area contributed by atoms with Crippen molar-refractivity contribution in [2.45, 2.75) is 12.8 Å². The highest BCUT2D eigenvalue weighted by atomic mass is 35.5. The van der Waals surface area contributed by atoms with Crippen molar-refractivity contribution in [2.24, 2.45) is 0 Å². The van der Waals surface area contributed by atoms with Crippen molar-refractivity contribution >= 4 is 5.88 Å². The van der Waals surface area contributed by atoms with E-state index in [1.54, 1.807) is 11.0 Å². The van der Waals surface area contributed by atoms with E-state index in [-0.39, 0.29) is 12.4 Å². The molecule has 1 aromatic rings. The van der Waals surface area contributed by atoms with Crippen molar-refractivity contribution in [3.05, 3.63) is 6.20 Å². The van der Waals surface area contributed by atoms with Gasteiger partial charge in [-0.25, -0.2) is 0 Å². The van der Waals surface area contributed by atoms with Gasteiger partial charge in [-0.3, -0.25) is 4.52 Å². The summed E-state index contributed by atoms with van der Waals surface area (Å²) in [4.78, 5) is 1.67. The van der Waals surface area contributed by atoms with Crippen LogP contribution in [-0.2, 0) is 0 Å². The molecule has 12 heavy (non-hydrogen) atoms. The molecule has 1 aliphatic heterocycles. The van der Waals surface area contributed by atoms with Gasteiger partial charge in [-0.2, -0.15) is 5.01 Å². The van der Waals surface area contributed by atoms with Crippen LogP contribution >= 0.6 is 0 Å². The second kappa shape index (κ2) is 3.62. The van der Waals surface area contributed by atoms with E-state index in [4.69, 9.17) is 10.3 Å². The highest BCUT2D eigenvalue weighted by molar-refractivity contribution is 5.11. The van der Waals surface area contributed by atoms with E-state index < -0.39 is 0 Å². The summed E-state index contributed by atoms with van der Waals surface area (Å²) in [7, 11) is 0. The number of hydrogen-bond acceptors (Lipinski definition) is 4. The van der Waals surface area contributed by atoms with Crippen molar-refractivity contribution in [3.63, 3.8) is 0 Å². The Morgan fingerprint density at radius 1 is 1.50 bits per heavy atom. The fourth-order valence-electron chi connectivity index (χ4n) is 1.29. The minimum absolute atomic E-state index is 0. The van der Waals surface area contributed by atoms with E-state index in [0.717, 1.165) is 13.1 Å². The first kappa shape index (κ1) is 9.12. The molecule has 0 atom stereocenters. The molecule has 2 rings (SSSR count). The molecular weight excluding hydrogens is 180 g/mol. The van der Waals surface area contributed by atoms with E-state index in [1.807, 2.05) is 0 Å². The molecule has 1 fully saturated rings. The highest BCUT2D eigenvalue weighted by Gasteiger charge is 2.22. The van der Waals surface area contributed by atoms with E-state index in [9.17, 15) is 0 Å². The Hall–Kier alpha value is -0.970. The molecule has 0 unspecified atom stereocenters. The number of aromatic nitrogens is 2. The van der Waals surface area contributed by atoms with Crippen LogP contribution in [0.5, 0.6) is 0 Å². The average Bonchev–Trinajstić information content (AvgIpc) is 2.55. The van der Waals surface area contributed by atoms with Crippen molar-refractivity contribution < 1.29 is 21.7 Å². The topological polar surface area (TPSA) is 59.2 Å². The van der Waals surface area contributed by atoms with Gasteiger partial charge in [0.1, 0.15) is 0 Å². The largest absolute Gasteiger partial charge is 1.00 e. The van der Waals surface area contributed by atoms with Crippen LogP contribution in [0.25, 0.3) is 0 Å². The summed E-state index contributed by atoms with van der Waals surface area (Å²) in [6.07, 6.45) is 4.13. The predicted molar refractivity (Wildman–Crippen MR) is 38.3 cm³/mol. The summed E-state index contributed by atoms with van der Waals surface area (Å²) in [5, 5.41) is 5.84. The second-order valence-electron chi connectivity index (χ2n) is 2.69. The molecule has 0 spiro atoms. The molecule has 0 aromatic carbocycles. The van der Waals surface area contributed by atoms with Crippen LogP contribution < -0.4 is 27.9 Å². The number of nitrogens with two attached hydrogens (primary N) is 1. The van der Waals surface area contributed by atoms with Crippen LogP contribution in [0.1, 0.15) is 12.8 Å². The van der Waals surface area contributed by atoms with Crippen LogP contribution in [0.4, 0.5) is 5.88 Å². The smallest absolute Gasteiger partial charge is 0.296 e. The molecule has 0 aliphatic carbocycles. The molecule has 0 bridgehead atoms. The van der Waals surface area contributed by atoms with E-state index in [2.05, 4.69) is 10.3 Å². The molecule has 5 nitrogen and oxygen atoms in total. The van der Waals surface area contributed by atoms with Crippen LogP contribution in [-0.4, -0.2) is 18.4 Å². The van der Waals surface area contributed by atoms with Crippen molar-refractivity contribution in [1.29, 1.82) is 0 Å².